The van der Waals surface area contributed by atoms with Crippen molar-refractivity contribution in [2.75, 3.05) is 5.32 Å². The number of imidazole rings is 1. The van der Waals surface area contributed by atoms with Crippen LogP contribution < -0.4 is 5.32 Å². The van der Waals surface area contributed by atoms with Crippen LogP contribution in [0.2, 0.25) is 0 Å². The van der Waals surface area contributed by atoms with Crippen LogP contribution in [0.4, 0.5) is 10.2 Å². The summed E-state index contributed by atoms with van der Waals surface area (Å²) in [5.74, 6) is 2.85. The van der Waals surface area contributed by atoms with Gasteiger partial charge in [-0.1, -0.05) is 6.92 Å². The number of aromatic nitrogens is 3. The molecule has 3 heterocycles. The summed E-state index contributed by atoms with van der Waals surface area (Å²) in [6.07, 6.45) is 7.49. The molecule has 1 unspecified atom stereocenters. The van der Waals surface area contributed by atoms with E-state index in [-0.39, 0.29) is 11.7 Å². The van der Waals surface area contributed by atoms with Crippen molar-refractivity contribution < 1.29 is 9.18 Å². The highest BCUT2D eigenvalue weighted by Gasteiger charge is 2.30. The molecule has 0 spiro atoms. The van der Waals surface area contributed by atoms with Gasteiger partial charge in [0, 0.05) is 23.9 Å². The van der Waals surface area contributed by atoms with E-state index in [1.807, 2.05) is 6.20 Å². The van der Waals surface area contributed by atoms with Crippen molar-refractivity contribution in [1.82, 2.24) is 15.0 Å². The number of hydrogen-bond acceptors (Lipinski definition) is 3. The van der Waals surface area contributed by atoms with Crippen LogP contribution in [0.25, 0.3) is 10.9 Å². The van der Waals surface area contributed by atoms with Crippen LogP contribution in [-0.2, 0) is 11.2 Å². The van der Waals surface area contributed by atoms with Crippen LogP contribution in [0.5, 0.6) is 0 Å². The SMILES string of the molecule is CC(c1nc2c([nH]1)CCC(=O)N2)C1CCC(c2ccnc3ccc(F)cc23)CC1. The number of pyridine rings is 1. The maximum Gasteiger partial charge on any atom is 0.225 e. The molecule has 29 heavy (non-hydrogen) atoms. The molecule has 0 radical (unpaired) electrons. The zero-order valence-electron chi connectivity index (χ0n) is 16.5. The maximum absolute atomic E-state index is 13.8. The monoisotopic (exact) mass is 392 g/mol. The fourth-order valence-electron chi connectivity index (χ4n) is 5.01. The van der Waals surface area contributed by atoms with Crippen LogP contribution >= 0.6 is 0 Å². The molecular formula is C23H25FN4O. The first-order chi connectivity index (χ1) is 14.1. The second-order valence-electron chi connectivity index (χ2n) is 8.46. The van der Waals surface area contributed by atoms with Gasteiger partial charge in [0.25, 0.3) is 0 Å². The predicted molar refractivity (Wildman–Crippen MR) is 110 cm³/mol. The van der Waals surface area contributed by atoms with Gasteiger partial charge in [-0.2, -0.15) is 0 Å². The zero-order chi connectivity index (χ0) is 20.0. The number of carbonyl (C=O) groups excluding carboxylic acids is 1. The van der Waals surface area contributed by atoms with E-state index in [2.05, 4.69) is 33.3 Å². The Labute approximate surface area is 169 Å². The highest BCUT2D eigenvalue weighted by atomic mass is 19.1. The fraction of sp³-hybridized carbons (Fsp3) is 0.435. The average molecular weight is 392 g/mol. The zero-order valence-corrected chi connectivity index (χ0v) is 16.5. The highest BCUT2D eigenvalue weighted by Crippen LogP contribution is 2.43. The summed E-state index contributed by atoms with van der Waals surface area (Å²) in [4.78, 5) is 24.1. The number of aryl methyl sites for hydroxylation is 1. The van der Waals surface area contributed by atoms with Gasteiger partial charge in [0.1, 0.15) is 11.6 Å². The lowest BCUT2D eigenvalue weighted by atomic mass is 9.73. The van der Waals surface area contributed by atoms with Gasteiger partial charge >= 0.3 is 0 Å². The summed E-state index contributed by atoms with van der Waals surface area (Å²) in [7, 11) is 0. The molecule has 5 rings (SSSR count). The molecule has 0 saturated heterocycles. The Morgan fingerprint density at radius 1 is 1.14 bits per heavy atom. The number of hydrogen-bond donors (Lipinski definition) is 2. The summed E-state index contributed by atoms with van der Waals surface area (Å²) < 4.78 is 13.8. The van der Waals surface area contributed by atoms with Crippen LogP contribution in [0.1, 0.15) is 67.9 Å². The number of nitrogens with zero attached hydrogens (tertiary/aromatic N) is 2. The third-order valence-electron chi connectivity index (χ3n) is 6.74. The predicted octanol–water partition coefficient (Wildman–Crippen LogP) is 5.06. The lowest BCUT2D eigenvalue weighted by Crippen LogP contribution is -2.19. The van der Waals surface area contributed by atoms with Crippen LogP contribution in [-0.4, -0.2) is 20.9 Å². The van der Waals surface area contributed by atoms with E-state index in [9.17, 15) is 9.18 Å². The minimum atomic E-state index is -0.206. The van der Waals surface area contributed by atoms with E-state index in [0.717, 1.165) is 54.5 Å². The van der Waals surface area contributed by atoms with E-state index in [4.69, 9.17) is 0 Å². The lowest BCUT2D eigenvalue weighted by molar-refractivity contribution is -0.116. The summed E-state index contributed by atoms with van der Waals surface area (Å²) in [5.41, 5.74) is 3.13. The number of carbonyl (C=O) groups is 1. The molecule has 2 N–H and O–H groups in total. The Bertz CT molecular complexity index is 1070. The van der Waals surface area contributed by atoms with Crippen molar-refractivity contribution in [3.05, 3.63) is 53.4 Å². The molecule has 1 aliphatic heterocycles. The highest BCUT2D eigenvalue weighted by molar-refractivity contribution is 5.92. The largest absolute Gasteiger partial charge is 0.344 e. The molecule has 3 aromatic rings. The van der Waals surface area contributed by atoms with Gasteiger partial charge in [-0.3, -0.25) is 9.78 Å². The third-order valence-corrected chi connectivity index (χ3v) is 6.74. The Hall–Kier alpha value is -2.76. The van der Waals surface area contributed by atoms with Gasteiger partial charge in [-0.05, 0) is 73.8 Å². The van der Waals surface area contributed by atoms with Crippen molar-refractivity contribution in [1.29, 1.82) is 0 Å². The number of benzene rings is 1. The van der Waals surface area contributed by atoms with E-state index in [1.165, 1.54) is 11.6 Å². The number of rotatable bonds is 3. The van der Waals surface area contributed by atoms with E-state index in [1.54, 1.807) is 12.1 Å². The van der Waals surface area contributed by atoms with Crippen molar-refractivity contribution in [3.8, 4) is 0 Å². The molecular weight excluding hydrogens is 367 g/mol. The minimum Gasteiger partial charge on any atom is -0.344 e. The van der Waals surface area contributed by atoms with Crippen molar-refractivity contribution >= 4 is 22.6 Å². The summed E-state index contributed by atoms with van der Waals surface area (Å²) >= 11 is 0. The lowest BCUT2D eigenvalue weighted by Gasteiger charge is -2.32. The Morgan fingerprint density at radius 2 is 1.97 bits per heavy atom. The van der Waals surface area contributed by atoms with Crippen molar-refractivity contribution in [2.45, 2.75) is 57.3 Å². The summed E-state index contributed by atoms with van der Waals surface area (Å²) in [6, 6.07) is 6.91. The molecule has 2 aromatic heterocycles. The smallest absolute Gasteiger partial charge is 0.225 e. The molecule has 1 aromatic carbocycles. The Morgan fingerprint density at radius 3 is 2.79 bits per heavy atom. The fourth-order valence-corrected chi connectivity index (χ4v) is 5.01. The number of fused-ring (bicyclic) bond motifs is 2. The molecule has 1 aliphatic carbocycles. The van der Waals surface area contributed by atoms with Crippen molar-refractivity contribution in [2.24, 2.45) is 5.92 Å². The number of halogens is 1. The van der Waals surface area contributed by atoms with Gasteiger partial charge in [0.05, 0.1) is 11.2 Å². The summed E-state index contributed by atoms with van der Waals surface area (Å²) in [5, 5.41) is 3.81. The first kappa shape index (κ1) is 18.3. The van der Waals surface area contributed by atoms with Crippen LogP contribution in [0.3, 0.4) is 0 Å². The second-order valence-corrected chi connectivity index (χ2v) is 8.46. The molecule has 1 saturated carbocycles. The standard InChI is InChI=1S/C23H25FN4O/c1-13(22-26-20-8-9-21(29)27-23(20)28-22)14-2-4-15(5-3-14)17-10-11-25-19-7-6-16(24)12-18(17)19/h6-7,10-15H,2-5,8-9H2,1H3,(H,26,28)(H,27,29). The number of anilines is 1. The summed E-state index contributed by atoms with van der Waals surface area (Å²) in [6.45, 7) is 2.23. The Balaban J connectivity index is 1.31. The molecule has 150 valence electrons. The molecule has 5 nitrogen and oxygen atoms in total. The second kappa shape index (κ2) is 7.25. The molecule has 1 atom stereocenters. The first-order valence-corrected chi connectivity index (χ1v) is 10.5. The van der Waals surface area contributed by atoms with Gasteiger partial charge in [-0.25, -0.2) is 9.37 Å². The quantitative estimate of drug-likeness (QED) is 0.654. The Kier molecular flexibility index (Phi) is 4.57. The topological polar surface area (TPSA) is 70.7 Å². The van der Waals surface area contributed by atoms with Gasteiger partial charge in [0.2, 0.25) is 5.91 Å². The molecule has 6 heteroatoms. The number of aromatic amines is 1. The van der Waals surface area contributed by atoms with Crippen LogP contribution in [0, 0.1) is 11.7 Å². The molecule has 2 aliphatic rings. The number of nitrogens with one attached hydrogen (secondary N) is 2. The molecule has 1 fully saturated rings. The molecule has 1 amide bonds. The normalized spacial score (nSPS) is 22.9. The third kappa shape index (κ3) is 3.41. The average Bonchev–Trinajstić information content (AvgIpc) is 3.16. The van der Waals surface area contributed by atoms with Gasteiger partial charge in [-0.15, -0.1) is 0 Å². The van der Waals surface area contributed by atoms with E-state index >= 15 is 0 Å². The van der Waals surface area contributed by atoms with E-state index in [0.29, 0.717) is 30.0 Å². The number of H-pyrrole nitrogens is 1. The maximum atomic E-state index is 13.8. The number of amides is 1. The van der Waals surface area contributed by atoms with Crippen molar-refractivity contribution in [3.63, 3.8) is 0 Å². The van der Waals surface area contributed by atoms with Gasteiger partial charge in [0.15, 0.2) is 5.82 Å². The van der Waals surface area contributed by atoms with E-state index < -0.39 is 0 Å². The first-order valence-electron chi connectivity index (χ1n) is 10.5. The minimum absolute atomic E-state index is 0.0460. The molecule has 0 bridgehead atoms. The van der Waals surface area contributed by atoms with Crippen LogP contribution in [0.15, 0.2) is 30.5 Å². The van der Waals surface area contributed by atoms with Gasteiger partial charge < -0.3 is 10.3 Å².